The van der Waals surface area contributed by atoms with Crippen molar-refractivity contribution in [3.05, 3.63) is 41.7 Å². The van der Waals surface area contributed by atoms with Gasteiger partial charge in [-0.2, -0.15) is 0 Å². The fraction of sp³-hybridized carbons (Fsp3) is 0.100. The molecule has 13 heavy (non-hydrogen) atoms. The Kier molecular flexibility index (Phi) is 1.77. The summed E-state index contributed by atoms with van der Waals surface area (Å²) in [5, 5.41) is 0. The molecule has 1 heterocycles. The van der Waals surface area contributed by atoms with Crippen molar-refractivity contribution in [2.75, 3.05) is 0 Å². The predicted molar refractivity (Wildman–Crippen MR) is 46.7 cm³/mol. The van der Waals surface area contributed by atoms with Crippen LogP contribution in [0.2, 0.25) is 0 Å². The fourth-order valence-corrected chi connectivity index (χ4v) is 1.29. The lowest BCUT2D eigenvalue weighted by molar-refractivity contribution is 0.0984. The van der Waals surface area contributed by atoms with Crippen LogP contribution in [0.4, 0.5) is 0 Å². The van der Waals surface area contributed by atoms with Crippen molar-refractivity contribution < 1.29 is 9.59 Å². The van der Waals surface area contributed by atoms with E-state index in [2.05, 4.69) is 4.98 Å². The minimum Gasteiger partial charge on any atom is -0.294 e. The Balaban J connectivity index is 2.64. The van der Waals surface area contributed by atoms with Gasteiger partial charge in [-0.1, -0.05) is 6.08 Å². The Morgan fingerprint density at radius 3 is 3.00 bits per heavy atom. The number of aromatic nitrogens is 1. The highest BCUT2D eigenvalue weighted by Gasteiger charge is 2.17. The van der Waals surface area contributed by atoms with E-state index in [1.165, 1.54) is 12.3 Å². The zero-order valence-corrected chi connectivity index (χ0v) is 6.86. The maximum atomic E-state index is 11.4. The molecule has 0 spiro atoms. The molecule has 3 heteroatoms. The number of carbonyl (C=O) groups is 2. The van der Waals surface area contributed by atoms with Gasteiger partial charge in [0.2, 0.25) is 5.78 Å². The summed E-state index contributed by atoms with van der Waals surface area (Å²) in [7, 11) is 0. The molecular formula is C10H7NO2. The van der Waals surface area contributed by atoms with Gasteiger partial charge in [0.15, 0.2) is 5.78 Å². The minimum atomic E-state index is -0.193. The van der Waals surface area contributed by atoms with Crippen molar-refractivity contribution in [1.82, 2.24) is 4.98 Å². The highest BCUT2D eigenvalue weighted by Crippen LogP contribution is 2.13. The Hall–Kier alpha value is -1.77. The molecule has 0 saturated heterocycles. The van der Waals surface area contributed by atoms with E-state index in [0.717, 1.165) is 0 Å². The van der Waals surface area contributed by atoms with Crippen LogP contribution in [0.25, 0.3) is 0 Å². The van der Waals surface area contributed by atoms with Crippen LogP contribution < -0.4 is 0 Å². The first-order valence-corrected chi connectivity index (χ1v) is 3.98. The van der Waals surface area contributed by atoms with Gasteiger partial charge < -0.3 is 0 Å². The van der Waals surface area contributed by atoms with Gasteiger partial charge >= 0.3 is 0 Å². The summed E-state index contributed by atoms with van der Waals surface area (Å²) in [5.41, 5.74) is 0.693. The Morgan fingerprint density at radius 2 is 2.15 bits per heavy atom. The summed E-state index contributed by atoms with van der Waals surface area (Å²) in [5.74, 6) is -0.244. The second kappa shape index (κ2) is 2.94. The van der Waals surface area contributed by atoms with Gasteiger partial charge in [0.05, 0.1) is 0 Å². The Labute approximate surface area is 75.1 Å². The third kappa shape index (κ3) is 1.28. The van der Waals surface area contributed by atoms with Crippen molar-refractivity contribution >= 4 is 11.6 Å². The van der Waals surface area contributed by atoms with Crippen molar-refractivity contribution in [3.8, 4) is 0 Å². The predicted octanol–water partition coefficient (Wildman–Crippen LogP) is 1.41. The van der Waals surface area contributed by atoms with Crippen LogP contribution in [0.5, 0.6) is 0 Å². The van der Waals surface area contributed by atoms with Crippen LogP contribution in [0.1, 0.15) is 27.3 Å². The minimum absolute atomic E-state index is 0.0507. The maximum absolute atomic E-state index is 11.4. The molecular weight excluding hydrogens is 166 g/mol. The molecule has 0 aliphatic heterocycles. The number of ketones is 2. The molecule has 1 aromatic rings. The number of carbonyl (C=O) groups excluding carboxylic acids is 2. The van der Waals surface area contributed by atoms with Gasteiger partial charge in [-0.05, 0) is 18.2 Å². The van der Waals surface area contributed by atoms with E-state index in [-0.39, 0.29) is 23.7 Å². The quantitative estimate of drug-likeness (QED) is 0.595. The van der Waals surface area contributed by atoms with Crippen LogP contribution in [-0.4, -0.2) is 16.6 Å². The number of pyridine rings is 1. The number of hydrogen-bond acceptors (Lipinski definition) is 3. The number of nitrogens with zero attached hydrogens (tertiary/aromatic N) is 1. The van der Waals surface area contributed by atoms with Crippen molar-refractivity contribution in [2.24, 2.45) is 0 Å². The van der Waals surface area contributed by atoms with Crippen LogP contribution in [0.3, 0.4) is 0 Å². The molecule has 64 valence electrons. The molecule has 0 N–H and O–H groups in total. The van der Waals surface area contributed by atoms with Crippen molar-refractivity contribution in [1.29, 1.82) is 0 Å². The highest BCUT2D eigenvalue weighted by molar-refractivity contribution is 6.13. The van der Waals surface area contributed by atoms with E-state index >= 15 is 0 Å². The molecule has 0 aromatic carbocycles. The number of fused-ring (bicyclic) bond motifs is 1. The second-order valence-corrected chi connectivity index (χ2v) is 2.79. The average Bonchev–Trinajstić information content (AvgIpc) is 2.29. The highest BCUT2D eigenvalue weighted by atomic mass is 16.1. The Bertz CT molecular complexity index is 407. The number of allylic oxidation sites excluding steroid dienone is 2. The van der Waals surface area contributed by atoms with E-state index in [4.69, 9.17) is 0 Å². The van der Waals surface area contributed by atoms with Crippen LogP contribution in [0.15, 0.2) is 30.5 Å². The number of hydrogen-bond donors (Lipinski definition) is 0. The molecule has 0 amide bonds. The fourth-order valence-electron chi connectivity index (χ4n) is 1.29. The third-order valence-electron chi connectivity index (χ3n) is 1.91. The number of rotatable bonds is 0. The topological polar surface area (TPSA) is 47.0 Å². The number of Topliss-reactive ketones (excluding diaryl/α,β-unsaturated/α-hetero) is 1. The monoisotopic (exact) mass is 173 g/mol. The maximum Gasteiger partial charge on any atom is 0.204 e. The molecule has 0 radical (unpaired) electrons. The Morgan fingerprint density at radius 1 is 1.31 bits per heavy atom. The van der Waals surface area contributed by atoms with Crippen LogP contribution in [-0.2, 0) is 0 Å². The van der Waals surface area contributed by atoms with Crippen LogP contribution >= 0.6 is 0 Å². The first-order valence-electron chi connectivity index (χ1n) is 3.98. The summed E-state index contributed by atoms with van der Waals surface area (Å²) < 4.78 is 0. The first-order chi connectivity index (χ1) is 6.29. The lowest BCUT2D eigenvalue weighted by Crippen LogP contribution is -2.06. The van der Waals surface area contributed by atoms with E-state index in [0.29, 0.717) is 5.56 Å². The molecule has 1 aromatic heterocycles. The molecule has 0 saturated carbocycles. The first kappa shape index (κ1) is 7.86. The molecule has 0 atom stereocenters. The SMILES string of the molecule is O=C1CC=CC(=O)c2ncccc21. The van der Waals surface area contributed by atoms with Gasteiger partial charge in [-0.15, -0.1) is 0 Å². The normalized spacial score (nSPS) is 15.4. The second-order valence-electron chi connectivity index (χ2n) is 2.79. The van der Waals surface area contributed by atoms with Gasteiger partial charge in [0.1, 0.15) is 5.69 Å². The molecule has 0 fully saturated rings. The van der Waals surface area contributed by atoms with Crippen molar-refractivity contribution in [3.63, 3.8) is 0 Å². The summed E-state index contributed by atoms with van der Waals surface area (Å²) >= 11 is 0. The third-order valence-corrected chi connectivity index (χ3v) is 1.91. The average molecular weight is 173 g/mol. The molecule has 0 unspecified atom stereocenters. The van der Waals surface area contributed by atoms with E-state index in [1.807, 2.05) is 0 Å². The molecule has 2 rings (SSSR count). The zero-order valence-electron chi connectivity index (χ0n) is 6.86. The van der Waals surface area contributed by atoms with E-state index in [1.54, 1.807) is 18.2 Å². The van der Waals surface area contributed by atoms with E-state index in [9.17, 15) is 9.59 Å². The van der Waals surface area contributed by atoms with Gasteiger partial charge in [0, 0.05) is 18.2 Å². The smallest absolute Gasteiger partial charge is 0.204 e. The summed E-state index contributed by atoms with van der Waals surface area (Å²) in [6.07, 6.45) is 4.77. The standard InChI is InChI=1S/C10H7NO2/c12-8-4-1-5-9(13)10-7(8)3-2-6-11-10/h1-3,5-6H,4H2. The zero-order chi connectivity index (χ0) is 9.26. The molecule has 3 nitrogen and oxygen atoms in total. The molecule has 1 aliphatic carbocycles. The molecule has 0 bridgehead atoms. The largest absolute Gasteiger partial charge is 0.294 e. The van der Waals surface area contributed by atoms with Crippen LogP contribution in [0, 0.1) is 0 Å². The van der Waals surface area contributed by atoms with Crippen molar-refractivity contribution in [2.45, 2.75) is 6.42 Å². The summed E-state index contributed by atoms with van der Waals surface area (Å²) in [6.45, 7) is 0. The van der Waals surface area contributed by atoms with Gasteiger partial charge in [-0.3, -0.25) is 14.6 Å². The molecule has 1 aliphatic rings. The lowest BCUT2D eigenvalue weighted by Gasteiger charge is -1.99. The van der Waals surface area contributed by atoms with Gasteiger partial charge in [-0.25, -0.2) is 0 Å². The van der Waals surface area contributed by atoms with Gasteiger partial charge in [0.25, 0.3) is 0 Å². The summed E-state index contributed by atoms with van der Waals surface area (Å²) in [6, 6.07) is 3.30. The van der Waals surface area contributed by atoms with E-state index < -0.39 is 0 Å². The lowest BCUT2D eigenvalue weighted by atomic mass is 10.1. The summed E-state index contributed by atoms with van der Waals surface area (Å²) in [4.78, 5) is 26.6.